The summed E-state index contributed by atoms with van der Waals surface area (Å²) in [5.41, 5.74) is 4.50. The molecule has 1 aromatic heterocycles. The lowest BCUT2D eigenvalue weighted by atomic mass is 10.2. The molecule has 0 bridgehead atoms. The van der Waals surface area contributed by atoms with E-state index in [1.165, 1.54) is 0 Å². The molecule has 4 nitrogen and oxygen atoms in total. The van der Waals surface area contributed by atoms with Gasteiger partial charge in [0, 0.05) is 21.8 Å². The van der Waals surface area contributed by atoms with E-state index in [4.69, 9.17) is 5.84 Å². The first-order chi connectivity index (χ1) is 8.22. The van der Waals surface area contributed by atoms with Crippen LogP contribution < -0.4 is 11.3 Å². The van der Waals surface area contributed by atoms with Crippen molar-refractivity contribution in [1.82, 2.24) is 9.97 Å². The first-order valence-electron chi connectivity index (χ1n) is 5.33. The van der Waals surface area contributed by atoms with Gasteiger partial charge in [0.2, 0.25) is 0 Å². The second kappa shape index (κ2) is 5.25. The maximum atomic E-state index is 5.40. The van der Waals surface area contributed by atoms with Crippen LogP contribution in [0.3, 0.4) is 0 Å². The summed E-state index contributed by atoms with van der Waals surface area (Å²) in [6.45, 7) is 2.05. The Kier molecular flexibility index (Phi) is 3.71. The molecule has 2 aromatic rings. The van der Waals surface area contributed by atoms with Crippen molar-refractivity contribution in [2.45, 2.75) is 13.3 Å². The molecule has 0 saturated carbocycles. The minimum atomic E-state index is 0.634. The van der Waals surface area contributed by atoms with Gasteiger partial charge in [-0.3, -0.25) is 0 Å². The van der Waals surface area contributed by atoms with Crippen LogP contribution in [-0.4, -0.2) is 9.97 Å². The fraction of sp³-hybridized carbons (Fsp3) is 0.167. The Bertz CT molecular complexity index is 488. The fourth-order valence-electron chi connectivity index (χ4n) is 1.48. The lowest BCUT2D eigenvalue weighted by Crippen LogP contribution is -2.10. The quantitative estimate of drug-likeness (QED) is 0.674. The summed E-state index contributed by atoms with van der Waals surface area (Å²) in [4.78, 5) is 8.82. The molecule has 0 aliphatic heterocycles. The minimum absolute atomic E-state index is 0.634. The summed E-state index contributed by atoms with van der Waals surface area (Å²) in [6, 6.07) is 9.72. The number of rotatable bonds is 3. The first-order valence-corrected chi connectivity index (χ1v) is 6.12. The number of halogens is 1. The predicted octanol–water partition coefficient (Wildman–Crippen LogP) is 2.75. The molecule has 0 radical (unpaired) electrons. The van der Waals surface area contributed by atoms with Crippen LogP contribution in [0, 0.1) is 0 Å². The van der Waals surface area contributed by atoms with Gasteiger partial charge < -0.3 is 5.43 Å². The van der Waals surface area contributed by atoms with Crippen molar-refractivity contribution in [3.05, 3.63) is 40.5 Å². The summed E-state index contributed by atoms with van der Waals surface area (Å²) in [7, 11) is 0. The summed E-state index contributed by atoms with van der Waals surface area (Å²) in [6.07, 6.45) is 0.848. The summed E-state index contributed by atoms with van der Waals surface area (Å²) >= 11 is 3.40. The number of nitrogen functional groups attached to an aromatic ring is 1. The molecule has 1 aromatic carbocycles. The third kappa shape index (κ3) is 2.81. The highest BCUT2D eigenvalue weighted by atomic mass is 79.9. The molecule has 0 spiro atoms. The van der Waals surface area contributed by atoms with Gasteiger partial charge in [-0.15, -0.1) is 0 Å². The molecule has 1 heterocycles. The van der Waals surface area contributed by atoms with Crippen molar-refractivity contribution in [2.75, 3.05) is 5.43 Å². The van der Waals surface area contributed by atoms with Crippen LogP contribution in [0.5, 0.6) is 0 Å². The molecular weight excluding hydrogens is 280 g/mol. The van der Waals surface area contributed by atoms with Crippen molar-refractivity contribution in [3.8, 4) is 11.4 Å². The summed E-state index contributed by atoms with van der Waals surface area (Å²) in [5, 5.41) is 0. The van der Waals surface area contributed by atoms with Gasteiger partial charge in [0.25, 0.3) is 0 Å². The zero-order valence-corrected chi connectivity index (χ0v) is 11.0. The Labute approximate surface area is 108 Å². The van der Waals surface area contributed by atoms with Crippen molar-refractivity contribution < 1.29 is 0 Å². The summed E-state index contributed by atoms with van der Waals surface area (Å²) in [5.74, 6) is 6.72. The van der Waals surface area contributed by atoms with Crippen molar-refractivity contribution in [3.63, 3.8) is 0 Å². The van der Waals surface area contributed by atoms with Crippen LogP contribution in [0.15, 0.2) is 34.8 Å². The number of hydrogen-bond donors (Lipinski definition) is 2. The molecule has 0 amide bonds. The van der Waals surface area contributed by atoms with Crippen molar-refractivity contribution in [2.24, 2.45) is 5.84 Å². The van der Waals surface area contributed by atoms with E-state index in [1.54, 1.807) is 0 Å². The van der Waals surface area contributed by atoms with Crippen LogP contribution in [0.25, 0.3) is 11.4 Å². The fourth-order valence-corrected chi connectivity index (χ4v) is 1.74. The van der Waals surface area contributed by atoms with E-state index in [0.717, 1.165) is 22.2 Å². The van der Waals surface area contributed by atoms with E-state index in [-0.39, 0.29) is 0 Å². The monoisotopic (exact) mass is 292 g/mol. The normalized spacial score (nSPS) is 10.3. The maximum absolute atomic E-state index is 5.40. The van der Waals surface area contributed by atoms with Gasteiger partial charge in [0.1, 0.15) is 5.82 Å². The number of anilines is 1. The standard InChI is InChI=1S/C12H13BrN4/c1-2-10-7-11(17-14)16-12(15-10)8-3-5-9(13)6-4-8/h3-7H,2,14H2,1H3,(H,15,16,17). The number of hydrazine groups is 1. The molecule has 0 atom stereocenters. The van der Waals surface area contributed by atoms with Crippen LogP contribution in [-0.2, 0) is 6.42 Å². The van der Waals surface area contributed by atoms with Gasteiger partial charge in [0.15, 0.2) is 5.82 Å². The van der Waals surface area contributed by atoms with Gasteiger partial charge in [-0.25, -0.2) is 15.8 Å². The summed E-state index contributed by atoms with van der Waals surface area (Å²) < 4.78 is 1.03. The number of aromatic nitrogens is 2. The van der Waals surface area contributed by atoms with Crippen LogP contribution in [0.4, 0.5) is 5.82 Å². The van der Waals surface area contributed by atoms with E-state index in [9.17, 15) is 0 Å². The maximum Gasteiger partial charge on any atom is 0.161 e. The third-order valence-corrected chi connectivity index (χ3v) is 2.92. The average Bonchev–Trinajstić information content (AvgIpc) is 2.39. The Balaban J connectivity index is 2.46. The molecule has 17 heavy (non-hydrogen) atoms. The molecule has 0 fully saturated rings. The van der Waals surface area contributed by atoms with E-state index in [2.05, 4.69) is 31.3 Å². The Morgan fingerprint density at radius 2 is 1.94 bits per heavy atom. The topological polar surface area (TPSA) is 63.8 Å². The minimum Gasteiger partial charge on any atom is -0.308 e. The third-order valence-electron chi connectivity index (χ3n) is 2.39. The van der Waals surface area contributed by atoms with Gasteiger partial charge in [-0.2, -0.15) is 0 Å². The van der Waals surface area contributed by atoms with E-state index < -0.39 is 0 Å². The molecule has 5 heteroatoms. The number of nitrogens with two attached hydrogens (primary N) is 1. The van der Waals surface area contributed by atoms with Crippen molar-refractivity contribution in [1.29, 1.82) is 0 Å². The Morgan fingerprint density at radius 3 is 2.53 bits per heavy atom. The second-order valence-corrected chi connectivity index (χ2v) is 4.49. The average molecular weight is 293 g/mol. The lowest BCUT2D eigenvalue weighted by molar-refractivity contribution is 1.00. The van der Waals surface area contributed by atoms with E-state index >= 15 is 0 Å². The Morgan fingerprint density at radius 1 is 1.24 bits per heavy atom. The molecule has 0 aliphatic rings. The molecule has 0 unspecified atom stereocenters. The highest BCUT2D eigenvalue weighted by Crippen LogP contribution is 2.20. The molecule has 0 saturated heterocycles. The van der Waals surface area contributed by atoms with Crippen LogP contribution in [0.2, 0.25) is 0 Å². The van der Waals surface area contributed by atoms with Crippen LogP contribution >= 0.6 is 15.9 Å². The first kappa shape index (κ1) is 12.0. The van der Waals surface area contributed by atoms with E-state index in [0.29, 0.717) is 11.6 Å². The number of aryl methyl sites for hydroxylation is 1. The van der Waals surface area contributed by atoms with Gasteiger partial charge in [-0.05, 0) is 18.6 Å². The molecule has 2 rings (SSSR count). The number of hydrogen-bond acceptors (Lipinski definition) is 4. The Hall–Kier alpha value is -1.46. The molecule has 88 valence electrons. The van der Waals surface area contributed by atoms with Crippen LogP contribution in [0.1, 0.15) is 12.6 Å². The lowest BCUT2D eigenvalue weighted by Gasteiger charge is -2.06. The molecular formula is C12H13BrN4. The molecule has 3 N–H and O–H groups in total. The number of benzene rings is 1. The highest BCUT2D eigenvalue weighted by Gasteiger charge is 2.05. The predicted molar refractivity (Wildman–Crippen MR) is 72.4 cm³/mol. The zero-order valence-electron chi connectivity index (χ0n) is 9.44. The smallest absolute Gasteiger partial charge is 0.161 e. The second-order valence-electron chi connectivity index (χ2n) is 3.57. The van der Waals surface area contributed by atoms with Gasteiger partial charge >= 0.3 is 0 Å². The number of nitrogens with zero attached hydrogens (tertiary/aromatic N) is 2. The van der Waals surface area contributed by atoms with Gasteiger partial charge in [0.05, 0.1) is 0 Å². The number of nitrogens with one attached hydrogen (secondary N) is 1. The highest BCUT2D eigenvalue weighted by molar-refractivity contribution is 9.10. The van der Waals surface area contributed by atoms with Crippen molar-refractivity contribution >= 4 is 21.7 Å². The largest absolute Gasteiger partial charge is 0.308 e. The molecule has 0 aliphatic carbocycles. The zero-order chi connectivity index (χ0) is 12.3. The van der Waals surface area contributed by atoms with E-state index in [1.807, 2.05) is 37.3 Å². The van der Waals surface area contributed by atoms with Gasteiger partial charge in [-0.1, -0.05) is 35.0 Å². The SMILES string of the molecule is CCc1cc(NN)nc(-c2ccc(Br)cc2)n1.